The van der Waals surface area contributed by atoms with Crippen molar-refractivity contribution in [2.75, 3.05) is 6.61 Å². The number of ether oxygens (including phenoxy) is 1. The third-order valence-corrected chi connectivity index (χ3v) is 6.13. The van der Waals surface area contributed by atoms with Crippen LogP contribution in [0, 0.1) is 13.8 Å². The zero-order valence-corrected chi connectivity index (χ0v) is 18.4. The van der Waals surface area contributed by atoms with Crippen molar-refractivity contribution in [3.05, 3.63) is 55.9 Å². The highest BCUT2D eigenvalue weighted by Crippen LogP contribution is 2.29. The van der Waals surface area contributed by atoms with Crippen molar-refractivity contribution in [3.8, 4) is 10.6 Å². The van der Waals surface area contributed by atoms with E-state index in [0.29, 0.717) is 25.6 Å². The number of nitrogens with zero attached hydrogens (tertiary/aromatic N) is 2. The molecule has 0 atom stereocenters. The van der Waals surface area contributed by atoms with E-state index in [0.717, 1.165) is 22.6 Å². The van der Waals surface area contributed by atoms with Gasteiger partial charge < -0.3 is 4.74 Å². The number of hydrogen-bond donors (Lipinski definition) is 2. The van der Waals surface area contributed by atoms with Gasteiger partial charge in [-0.1, -0.05) is 23.7 Å². The average molecular weight is 465 g/mol. The second-order valence-corrected chi connectivity index (χ2v) is 8.55. The monoisotopic (exact) mass is 464 g/mol. The summed E-state index contributed by atoms with van der Waals surface area (Å²) in [5, 5.41) is 3.72. The topological polar surface area (TPSA) is 110 Å². The normalized spacial score (nSPS) is 10.5. The Balaban J connectivity index is 1.48. The lowest BCUT2D eigenvalue weighted by Gasteiger charge is -2.07. The largest absolute Gasteiger partial charge is 0.451 e. The lowest BCUT2D eigenvalue weighted by atomic mass is 10.2. The van der Waals surface area contributed by atoms with E-state index >= 15 is 0 Å². The molecule has 0 radical (unpaired) electrons. The first kappa shape index (κ1) is 21.9. The van der Waals surface area contributed by atoms with Gasteiger partial charge in [-0.3, -0.25) is 20.4 Å². The predicted molar refractivity (Wildman–Crippen MR) is 114 cm³/mol. The Labute approximate surface area is 185 Å². The van der Waals surface area contributed by atoms with Gasteiger partial charge in [-0.05, 0) is 26.0 Å². The number of nitrogens with one attached hydrogen (secondary N) is 2. The molecule has 0 bridgehead atoms. The van der Waals surface area contributed by atoms with E-state index < -0.39 is 24.4 Å². The van der Waals surface area contributed by atoms with E-state index in [9.17, 15) is 14.4 Å². The number of thiazole rings is 2. The smallest absolute Gasteiger partial charge is 0.350 e. The lowest BCUT2D eigenvalue weighted by molar-refractivity contribution is -0.130. The van der Waals surface area contributed by atoms with Crippen molar-refractivity contribution in [2.24, 2.45) is 0 Å². The molecular weight excluding hydrogens is 448 g/mol. The third kappa shape index (κ3) is 5.85. The number of rotatable bonds is 6. The van der Waals surface area contributed by atoms with Crippen LogP contribution in [0.4, 0.5) is 0 Å². The molecule has 1 aromatic carbocycles. The average Bonchev–Trinajstić information content (AvgIpc) is 3.30. The van der Waals surface area contributed by atoms with E-state index in [1.165, 1.54) is 11.3 Å². The van der Waals surface area contributed by atoms with Crippen molar-refractivity contribution in [1.82, 2.24) is 20.8 Å². The number of aryl methyl sites for hydroxylation is 2. The first-order chi connectivity index (χ1) is 14.3. The van der Waals surface area contributed by atoms with Gasteiger partial charge in [0.25, 0.3) is 5.91 Å². The van der Waals surface area contributed by atoms with Crippen molar-refractivity contribution in [2.45, 2.75) is 20.3 Å². The van der Waals surface area contributed by atoms with Crippen molar-refractivity contribution >= 4 is 52.1 Å². The number of hydrogen-bond acceptors (Lipinski definition) is 8. The van der Waals surface area contributed by atoms with E-state index in [2.05, 4.69) is 20.8 Å². The molecule has 11 heteroatoms. The molecule has 3 aromatic rings. The molecule has 8 nitrogen and oxygen atoms in total. The maximum atomic E-state index is 12.3. The molecule has 0 aliphatic carbocycles. The van der Waals surface area contributed by atoms with Gasteiger partial charge in [0, 0.05) is 21.7 Å². The molecular formula is C19H17ClN4O4S2. The molecule has 2 heterocycles. The van der Waals surface area contributed by atoms with Crippen LogP contribution in [-0.2, 0) is 20.7 Å². The number of amides is 2. The fraction of sp³-hybridized carbons (Fsp3) is 0.211. The van der Waals surface area contributed by atoms with E-state index in [1.807, 2.05) is 12.3 Å². The Morgan fingerprint density at radius 3 is 2.43 bits per heavy atom. The molecule has 2 N–H and O–H groups in total. The fourth-order valence-corrected chi connectivity index (χ4v) is 4.20. The Hall–Kier alpha value is -2.82. The summed E-state index contributed by atoms with van der Waals surface area (Å²) in [5.41, 5.74) is 6.62. The van der Waals surface area contributed by atoms with Crippen LogP contribution < -0.4 is 10.9 Å². The van der Waals surface area contributed by atoms with Crippen LogP contribution in [0.3, 0.4) is 0 Å². The number of carbonyl (C=O) groups is 3. The number of aromatic nitrogens is 2. The molecule has 3 rings (SSSR count). The first-order valence-electron chi connectivity index (χ1n) is 8.71. The molecule has 0 unspecified atom stereocenters. The summed E-state index contributed by atoms with van der Waals surface area (Å²) in [5.74, 6) is -1.74. The molecule has 30 heavy (non-hydrogen) atoms. The maximum absolute atomic E-state index is 12.3. The molecule has 0 saturated carbocycles. The number of esters is 1. The third-order valence-electron chi connectivity index (χ3n) is 3.73. The van der Waals surface area contributed by atoms with Crippen LogP contribution in [0.1, 0.15) is 26.1 Å². The minimum absolute atomic E-state index is 0.0477. The second-order valence-electron chi connectivity index (χ2n) is 6.17. The highest BCUT2D eigenvalue weighted by atomic mass is 35.5. The Bertz CT molecular complexity index is 1080. The molecule has 0 saturated heterocycles. The summed E-state index contributed by atoms with van der Waals surface area (Å²) < 4.78 is 5.03. The van der Waals surface area contributed by atoms with Gasteiger partial charge in [-0.2, -0.15) is 0 Å². The van der Waals surface area contributed by atoms with E-state index in [-0.39, 0.29) is 6.42 Å². The minimum Gasteiger partial charge on any atom is -0.451 e. The molecule has 0 aliphatic rings. The second kappa shape index (κ2) is 9.79. The first-order valence-corrected chi connectivity index (χ1v) is 10.8. The highest BCUT2D eigenvalue weighted by Gasteiger charge is 2.19. The number of benzene rings is 1. The lowest BCUT2D eigenvalue weighted by Crippen LogP contribution is -2.44. The Morgan fingerprint density at radius 1 is 1.07 bits per heavy atom. The Kier molecular flexibility index (Phi) is 7.14. The molecule has 0 spiro atoms. The molecule has 2 amide bonds. The van der Waals surface area contributed by atoms with Crippen molar-refractivity contribution < 1.29 is 19.1 Å². The molecule has 0 aliphatic heterocycles. The fourth-order valence-electron chi connectivity index (χ4n) is 2.34. The highest BCUT2D eigenvalue weighted by molar-refractivity contribution is 7.17. The SMILES string of the molecule is Cc1csc(CC(=O)NNC(=O)COC(=O)c2sc(-c3ccc(Cl)cc3)nc2C)n1. The van der Waals surface area contributed by atoms with Crippen LogP contribution in [-0.4, -0.2) is 34.4 Å². The van der Waals surface area contributed by atoms with E-state index in [1.54, 1.807) is 31.2 Å². The number of carbonyl (C=O) groups excluding carboxylic acids is 3. The van der Waals surface area contributed by atoms with Gasteiger partial charge >= 0.3 is 5.97 Å². The minimum atomic E-state index is -0.662. The summed E-state index contributed by atoms with van der Waals surface area (Å²) in [6.07, 6.45) is 0.0477. The standard InChI is InChI=1S/C19H17ClN4O4S2/c1-10-9-29-16(21-10)7-14(25)23-24-15(26)8-28-19(27)17-11(2)22-18(30-17)12-3-5-13(20)6-4-12/h3-6,9H,7-8H2,1-2H3,(H,23,25)(H,24,26). The predicted octanol–water partition coefficient (Wildman–Crippen LogP) is 3.08. The summed E-state index contributed by atoms with van der Waals surface area (Å²) >= 11 is 8.41. The van der Waals surface area contributed by atoms with Crippen LogP contribution in [0.15, 0.2) is 29.6 Å². The summed E-state index contributed by atoms with van der Waals surface area (Å²) in [6.45, 7) is 2.98. The van der Waals surface area contributed by atoms with Crippen LogP contribution >= 0.6 is 34.3 Å². The van der Waals surface area contributed by atoms with Gasteiger partial charge in [0.2, 0.25) is 5.91 Å². The zero-order chi connectivity index (χ0) is 21.7. The van der Waals surface area contributed by atoms with Gasteiger partial charge in [-0.25, -0.2) is 14.8 Å². The van der Waals surface area contributed by atoms with Crippen molar-refractivity contribution in [3.63, 3.8) is 0 Å². The van der Waals surface area contributed by atoms with Crippen LogP contribution in [0.5, 0.6) is 0 Å². The summed E-state index contributed by atoms with van der Waals surface area (Å²) in [7, 11) is 0. The van der Waals surface area contributed by atoms with Gasteiger partial charge in [0.1, 0.15) is 14.9 Å². The van der Waals surface area contributed by atoms with Gasteiger partial charge in [0.15, 0.2) is 6.61 Å². The van der Waals surface area contributed by atoms with Crippen molar-refractivity contribution in [1.29, 1.82) is 0 Å². The van der Waals surface area contributed by atoms with E-state index in [4.69, 9.17) is 16.3 Å². The number of halogens is 1. The quantitative estimate of drug-likeness (QED) is 0.428. The summed E-state index contributed by atoms with van der Waals surface area (Å²) in [6, 6.07) is 7.08. The Morgan fingerprint density at radius 2 is 1.77 bits per heavy atom. The van der Waals surface area contributed by atoms with Gasteiger partial charge in [0.05, 0.1) is 12.1 Å². The zero-order valence-electron chi connectivity index (χ0n) is 16.0. The van der Waals surface area contributed by atoms with Gasteiger partial charge in [-0.15, -0.1) is 22.7 Å². The summed E-state index contributed by atoms with van der Waals surface area (Å²) in [4.78, 5) is 44.8. The maximum Gasteiger partial charge on any atom is 0.350 e. The van der Waals surface area contributed by atoms with Crippen LogP contribution in [0.2, 0.25) is 5.02 Å². The number of hydrazine groups is 1. The molecule has 156 valence electrons. The molecule has 2 aromatic heterocycles. The molecule has 0 fully saturated rings. The van der Waals surface area contributed by atoms with Crippen LogP contribution in [0.25, 0.3) is 10.6 Å².